The minimum atomic E-state index is 0.00528. The minimum Gasteiger partial charge on any atom is -0.348 e. The van der Waals surface area contributed by atoms with Crippen LogP contribution < -0.4 is 0 Å². The molecule has 0 saturated heterocycles. The molecule has 1 aliphatic rings. The van der Waals surface area contributed by atoms with Crippen molar-refractivity contribution in [3.05, 3.63) is 66.1 Å². The maximum Gasteiger partial charge on any atom is 0.273 e. The van der Waals surface area contributed by atoms with Crippen molar-refractivity contribution >= 4 is 16.8 Å². The average Bonchev–Trinajstić information content (AvgIpc) is 3.04. The molecule has 0 radical (unpaired) electrons. The van der Waals surface area contributed by atoms with Gasteiger partial charge in [0.1, 0.15) is 5.69 Å². The number of carbonyl (C=O) groups is 1. The van der Waals surface area contributed by atoms with Gasteiger partial charge in [0.15, 0.2) is 0 Å². The third kappa shape index (κ3) is 1.99. The summed E-state index contributed by atoms with van der Waals surface area (Å²) in [7, 11) is 0. The van der Waals surface area contributed by atoms with E-state index in [1.54, 1.807) is 0 Å². The van der Waals surface area contributed by atoms with Gasteiger partial charge in [0.05, 0.1) is 11.6 Å². The number of hydrogen-bond acceptors (Lipinski definition) is 2. The summed E-state index contributed by atoms with van der Waals surface area (Å²) in [5.74, 6) is 0.00528. The normalized spacial score (nSPS) is 17.5. The van der Waals surface area contributed by atoms with Gasteiger partial charge in [-0.05, 0) is 31.2 Å². The highest BCUT2D eigenvalue weighted by Crippen LogP contribution is 2.26. The Bertz CT molecular complexity index is 852. The molecule has 0 spiro atoms. The van der Waals surface area contributed by atoms with Crippen LogP contribution >= 0.6 is 0 Å². The Labute approximate surface area is 129 Å². The molecule has 1 aromatic carbocycles. The van der Waals surface area contributed by atoms with Gasteiger partial charge in [-0.15, -0.1) is 0 Å². The molecule has 0 fully saturated rings. The molecule has 4 rings (SSSR count). The first kappa shape index (κ1) is 13.1. The number of fused-ring (bicyclic) bond motifs is 2. The van der Waals surface area contributed by atoms with Gasteiger partial charge in [-0.2, -0.15) is 0 Å². The lowest BCUT2D eigenvalue weighted by molar-refractivity contribution is 0.0638. The van der Waals surface area contributed by atoms with Gasteiger partial charge in [-0.3, -0.25) is 4.79 Å². The second-order valence-corrected chi connectivity index (χ2v) is 5.69. The van der Waals surface area contributed by atoms with Gasteiger partial charge in [-0.1, -0.05) is 24.3 Å². The summed E-state index contributed by atoms with van der Waals surface area (Å²) >= 11 is 0. The SMILES string of the molecule is CC1c2cccn2CCN1C(=O)c1ccc2ccccc2n1. The Hall–Kier alpha value is -2.62. The third-order valence-electron chi connectivity index (χ3n) is 4.42. The molecule has 0 N–H and O–H groups in total. The molecule has 22 heavy (non-hydrogen) atoms. The van der Waals surface area contributed by atoms with Crippen LogP contribution in [0.3, 0.4) is 0 Å². The van der Waals surface area contributed by atoms with E-state index in [9.17, 15) is 4.79 Å². The Balaban J connectivity index is 1.68. The van der Waals surface area contributed by atoms with Gasteiger partial charge < -0.3 is 9.47 Å². The van der Waals surface area contributed by atoms with Crippen molar-refractivity contribution in [2.24, 2.45) is 0 Å². The smallest absolute Gasteiger partial charge is 0.273 e. The average molecular weight is 291 g/mol. The van der Waals surface area contributed by atoms with Crippen molar-refractivity contribution in [3.63, 3.8) is 0 Å². The van der Waals surface area contributed by atoms with E-state index in [4.69, 9.17) is 0 Å². The number of nitrogens with zero attached hydrogens (tertiary/aromatic N) is 3. The van der Waals surface area contributed by atoms with Crippen LogP contribution in [-0.4, -0.2) is 26.9 Å². The molecule has 4 heteroatoms. The lowest BCUT2D eigenvalue weighted by atomic mass is 10.1. The number of para-hydroxylation sites is 1. The van der Waals surface area contributed by atoms with Crippen LogP contribution in [0.2, 0.25) is 0 Å². The Morgan fingerprint density at radius 2 is 1.95 bits per heavy atom. The minimum absolute atomic E-state index is 0.00528. The first-order valence-corrected chi connectivity index (χ1v) is 7.56. The van der Waals surface area contributed by atoms with Gasteiger partial charge in [-0.25, -0.2) is 4.98 Å². The summed E-state index contributed by atoms with van der Waals surface area (Å²) < 4.78 is 2.21. The zero-order valence-electron chi connectivity index (χ0n) is 12.4. The van der Waals surface area contributed by atoms with Gasteiger partial charge >= 0.3 is 0 Å². The number of carbonyl (C=O) groups excluding carboxylic acids is 1. The summed E-state index contributed by atoms with van der Waals surface area (Å²) in [4.78, 5) is 19.3. The number of rotatable bonds is 1. The van der Waals surface area contributed by atoms with Crippen LogP contribution in [-0.2, 0) is 6.54 Å². The van der Waals surface area contributed by atoms with E-state index < -0.39 is 0 Å². The number of pyridine rings is 1. The van der Waals surface area contributed by atoms with Crippen LogP contribution in [0.4, 0.5) is 0 Å². The van der Waals surface area contributed by atoms with E-state index in [2.05, 4.69) is 28.7 Å². The van der Waals surface area contributed by atoms with Gasteiger partial charge in [0.2, 0.25) is 0 Å². The fourth-order valence-electron chi connectivity index (χ4n) is 3.19. The zero-order valence-corrected chi connectivity index (χ0v) is 12.4. The maximum atomic E-state index is 12.8. The summed E-state index contributed by atoms with van der Waals surface area (Å²) in [5, 5.41) is 1.06. The number of amides is 1. The second-order valence-electron chi connectivity index (χ2n) is 5.69. The maximum absolute atomic E-state index is 12.8. The quantitative estimate of drug-likeness (QED) is 0.690. The van der Waals surface area contributed by atoms with Crippen LogP contribution in [0, 0.1) is 0 Å². The van der Waals surface area contributed by atoms with Crippen molar-refractivity contribution < 1.29 is 4.79 Å². The van der Waals surface area contributed by atoms with E-state index in [1.807, 2.05) is 47.4 Å². The fraction of sp³-hybridized carbons (Fsp3) is 0.222. The molecule has 0 saturated carbocycles. The van der Waals surface area contributed by atoms with Crippen LogP contribution in [0.5, 0.6) is 0 Å². The van der Waals surface area contributed by atoms with Crippen molar-refractivity contribution in [2.75, 3.05) is 6.54 Å². The van der Waals surface area contributed by atoms with Crippen molar-refractivity contribution in [2.45, 2.75) is 19.5 Å². The van der Waals surface area contributed by atoms with E-state index in [-0.39, 0.29) is 11.9 Å². The standard InChI is InChI=1S/C18H17N3O/c1-13-17-7-4-10-20(17)11-12-21(13)18(22)16-9-8-14-5-2-3-6-15(14)19-16/h2-10,13H,11-12H2,1H3. The molecule has 2 aromatic heterocycles. The second kappa shape index (κ2) is 4.98. The predicted octanol–water partition coefficient (Wildman–Crippen LogP) is 3.25. The summed E-state index contributed by atoms with van der Waals surface area (Å²) in [5.41, 5.74) is 2.56. The molecule has 1 unspecified atom stereocenters. The van der Waals surface area contributed by atoms with E-state index in [0.29, 0.717) is 5.69 Å². The fourth-order valence-corrected chi connectivity index (χ4v) is 3.19. The van der Waals surface area contributed by atoms with Crippen molar-refractivity contribution in [1.29, 1.82) is 0 Å². The lowest BCUT2D eigenvalue weighted by Crippen LogP contribution is -2.41. The summed E-state index contributed by atoms with van der Waals surface area (Å²) in [6.07, 6.45) is 2.07. The first-order valence-electron chi connectivity index (χ1n) is 7.56. The molecule has 3 aromatic rings. The number of aromatic nitrogens is 2. The molecule has 1 amide bonds. The van der Waals surface area contributed by atoms with Gasteiger partial charge in [0, 0.05) is 30.4 Å². The van der Waals surface area contributed by atoms with Crippen LogP contribution in [0.15, 0.2) is 54.7 Å². The highest BCUT2D eigenvalue weighted by Gasteiger charge is 2.28. The molecule has 1 aliphatic heterocycles. The van der Waals surface area contributed by atoms with Gasteiger partial charge in [0.25, 0.3) is 5.91 Å². The Kier molecular flexibility index (Phi) is 2.96. The summed E-state index contributed by atoms with van der Waals surface area (Å²) in [6.45, 7) is 3.63. The molecular formula is C18H17N3O. The first-order chi connectivity index (χ1) is 10.7. The molecule has 0 bridgehead atoms. The monoisotopic (exact) mass is 291 g/mol. The highest BCUT2D eigenvalue weighted by molar-refractivity contribution is 5.95. The summed E-state index contributed by atoms with van der Waals surface area (Å²) in [6, 6.07) is 15.9. The van der Waals surface area contributed by atoms with Crippen molar-refractivity contribution in [1.82, 2.24) is 14.5 Å². The van der Waals surface area contributed by atoms with Crippen molar-refractivity contribution in [3.8, 4) is 0 Å². The zero-order chi connectivity index (χ0) is 15.1. The lowest BCUT2D eigenvalue weighted by Gasteiger charge is -2.34. The number of benzene rings is 1. The molecule has 110 valence electrons. The molecule has 1 atom stereocenters. The predicted molar refractivity (Wildman–Crippen MR) is 85.6 cm³/mol. The highest BCUT2D eigenvalue weighted by atomic mass is 16.2. The third-order valence-corrected chi connectivity index (χ3v) is 4.42. The van der Waals surface area contributed by atoms with E-state index in [1.165, 1.54) is 5.69 Å². The largest absolute Gasteiger partial charge is 0.348 e. The van der Waals surface area contributed by atoms with Crippen LogP contribution in [0.1, 0.15) is 29.1 Å². The van der Waals surface area contributed by atoms with Crippen LogP contribution in [0.25, 0.3) is 10.9 Å². The van der Waals surface area contributed by atoms with E-state index in [0.717, 1.165) is 24.0 Å². The topological polar surface area (TPSA) is 38.1 Å². The molecule has 0 aliphatic carbocycles. The Morgan fingerprint density at radius 1 is 1.09 bits per heavy atom. The Morgan fingerprint density at radius 3 is 2.86 bits per heavy atom. The molecule has 3 heterocycles. The molecule has 4 nitrogen and oxygen atoms in total. The van der Waals surface area contributed by atoms with E-state index >= 15 is 0 Å². The molecular weight excluding hydrogens is 274 g/mol. The number of hydrogen-bond donors (Lipinski definition) is 0.